The third-order valence-electron chi connectivity index (χ3n) is 4.68. The van der Waals surface area contributed by atoms with Crippen LogP contribution < -0.4 is 10.7 Å². The van der Waals surface area contributed by atoms with E-state index in [0.29, 0.717) is 17.4 Å². The van der Waals surface area contributed by atoms with Crippen molar-refractivity contribution < 1.29 is 4.79 Å². The number of halogens is 1. The largest absolute Gasteiger partial charge is 0.373 e. The molecule has 0 saturated carbocycles. The smallest absolute Gasteiger partial charge is 0.262 e. The van der Waals surface area contributed by atoms with Crippen LogP contribution in [0.5, 0.6) is 0 Å². The fourth-order valence-corrected chi connectivity index (χ4v) is 3.11. The highest BCUT2D eigenvalue weighted by molar-refractivity contribution is 6.30. The number of hydrogen-bond acceptors (Lipinski definition) is 3. The monoisotopic (exact) mass is 411 g/mol. The van der Waals surface area contributed by atoms with Crippen LogP contribution in [-0.2, 0) is 4.79 Å². The van der Waals surface area contributed by atoms with E-state index in [1.54, 1.807) is 6.21 Å². The van der Waals surface area contributed by atoms with Crippen LogP contribution in [0.1, 0.15) is 56.7 Å². The molecule has 0 aliphatic heterocycles. The summed E-state index contributed by atoms with van der Waals surface area (Å²) >= 11 is 6.00. The second-order valence-corrected chi connectivity index (χ2v) is 7.94. The molecule has 154 valence electrons. The number of rotatable bonds is 8. The Kier molecular flexibility index (Phi) is 8.47. The third kappa shape index (κ3) is 7.06. The van der Waals surface area contributed by atoms with Gasteiger partial charge in [0.25, 0.3) is 5.91 Å². The molecule has 0 aliphatic rings. The quantitative estimate of drug-likeness (QED) is 0.403. The molecule has 0 fully saturated rings. The van der Waals surface area contributed by atoms with E-state index in [9.17, 15) is 4.79 Å². The lowest BCUT2D eigenvalue weighted by Gasteiger charge is -2.18. The molecule has 4 nitrogen and oxygen atoms in total. The van der Waals surface area contributed by atoms with Gasteiger partial charge >= 0.3 is 0 Å². The Morgan fingerprint density at radius 3 is 2.45 bits per heavy atom. The normalized spacial score (nSPS) is 13.0. The lowest BCUT2D eigenvalue weighted by atomic mass is 10.0. The summed E-state index contributed by atoms with van der Waals surface area (Å²) < 4.78 is 0. The van der Waals surface area contributed by atoms with Crippen molar-refractivity contribution >= 4 is 35.5 Å². The number of carbonyl (C=O) groups excluding carboxylic acids is 1. The van der Waals surface area contributed by atoms with Crippen LogP contribution in [0, 0.1) is 6.92 Å². The van der Waals surface area contributed by atoms with Crippen molar-refractivity contribution in [2.75, 3.05) is 5.32 Å². The van der Waals surface area contributed by atoms with E-state index in [4.69, 9.17) is 11.6 Å². The van der Waals surface area contributed by atoms with Crippen molar-refractivity contribution in [3.05, 3.63) is 69.8 Å². The van der Waals surface area contributed by atoms with Crippen LogP contribution in [0.3, 0.4) is 0 Å². The number of nitrogens with zero attached hydrogens (tertiary/aromatic N) is 1. The molecule has 0 bridgehead atoms. The minimum absolute atomic E-state index is 0.174. The standard InChI is InChI=1S/C24H30ClN3O/c1-6-22(27-23-12-11-21(25)14-18(23)5)24(29)28-26-15-17(4)13-19-7-9-20(10-8-19)16(2)3/h7-16,22,27H,6H2,1-5H3,(H,28,29). The van der Waals surface area contributed by atoms with Gasteiger partial charge in [-0.05, 0) is 66.6 Å². The maximum Gasteiger partial charge on any atom is 0.262 e. The van der Waals surface area contributed by atoms with Crippen LogP contribution in [0.25, 0.3) is 6.08 Å². The van der Waals surface area contributed by atoms with Crippen LogP contribution in [0.4, 0.5) is 5.69 Å². The average Bonchev–Trinajstić information content (AvgIpc) is 2.67. The minimum Gasteiger partial charge on any atom is -0.373 e. The van der Waals surface area contributed by atoms with Gasteiger partial charge in [0.1, 0.15) is 6.04 Å². The highest BCUT2D eigenvalue weighted by Gasteiger charge is 2.16. The molecule has 2 N–H and O–H groups in total. The Balaban J connectivity index is 1.95. The molecule has 0 radical (unpaired) electrons. The first-order valence-corrected chi connectivity index (χ1v) is 10.3. The first-order chi connectivity index (χ1) is 13.8. The maximum absolute atomic E-state index is 12.5. The molecule has 1 amide bonds. The van der Waals surface area contributed by atoms with E-state index in [-0.39, 0.29) is 11.9 Å². The zero-order valence-electron chi connectivity index (χ0n) is 17.8. The van der Waals surface area contributed by atoms with Gasteiger partial charge in [-0.1, -0.05) is 62.7 Å². The topological polar surface area (TPSA) is 53.5 Å². The highest BCUT2D eigenvalue weighted by atomic mass is 35.5. The number of anilines is 1. The summed E-state index contributed by atoms with van der Waals surface area (Å²) in [5.74, 6) is 0.342. The number of hydrazone groups is 1. The summed E-state index contributed by atoms with van der Waals surface area (Å²) in [4.78, 5) is 12.5. The molecule has 0 saturated heterocycles. The van der Waals surface area contributed by atoms with E-state index in [1.807, 2.05) is 45.0 Å². The number of benzene rings is 2. The predicted octanol–water partition coefficient (Wildman–Crippen LogP) is 6.17. The molecule has 1 unspecified atom stereocenters. The molecular formula is C24H30ClN3O. The summed E-state index contributed by atoms with van der Waals surface area (Å²) in [5, 5.41) is 8.04. The number of carbonyl (C=O) groups is 1. The Bertz CT molecular complexity index is 885. The predicted molar refractivity (Wildman–Crippen MR) is 125 cm³/mol. The molecule has 2 rings (SSSR count). The summed E-state index contributed by atoms with van der Waals surface area (Å²) in [5.41, 5.74) is 7.89. The van der Waals surface area contributed by atoms with Crippen LogP contribution in [-0.4, -0.2) is 18.2 Å². The second-order valence-electron chi connectivity index (χ2n) is 7.51. The summed E-state index contributed by atoms with van der Waals surface area (Å²) in [6.07, 6.45) is 4.33. The molecule has 5 heteroatoms. The Hall–Kier alpha value is -2.59. The van der Waals surface area contributed by atoms with Gasteiger partial charge in [-0.15, -0.1) is 0 Å². The number of amides is 1. The zero-order chi connectivity index (χ0) is 21.4. The maximum atomic E-state index is 12.5. The first kappa shape index (κ1) is 22.7. The number of nitrogens with one attached hydrogen (secondary N) is 2. The van der Waals surface area contributed by atoms with Crippen molar-refractivity contribution in [1.29, 1.82) is 0 Å². The molecule has 0 aliphatic carbocycles. The Morgan fingerprint density at radius 1 is 1.17 bits per heavy atom. The molecule has 1 atom stereocenters. The van der Waals surface area contributed by atoms with Gasteiger partial charge in [-0.25, -0.2) is 5.43 Å². The van der Waals surface area contributed by atoms with E-state index in [2.05, 4.69) is 54.0 Å². The SMILES string of the molecule is CCC(Nc1ccc(Cl)cc1C)C(=O)NN=CC(C)=Cc1ccc(C(C)C)cc1. The number of aryl methyl sites for hydroxylation is 1. The molecule has 2 aromatic rings. The Morgan fingerprint density at radius 2 is 1.86 bits per heavy atom. The van der Waals surface area contributed by atoms with Crippen molar-refractivity contribution in [3.8, 4) is 0 Å². The van der Waals surface area contributed by atoms with Gasteiger partial charge in [0, 0.05) is 10.7 Å². The van der Waals surface area contributed by atoms with Gasteiger partial charge in [0.05, 0.1) is 6.21 Å². The molecule has 2 aromatic carbocycles. The molecule has 0 heterocycles. The van der Waals surface area contributed by atoms with Gasteiger partial charge in [-0.2, -0.15) is 5.10 Å². The third-order valence-corrected chi connectivity index (χ3v) is 4.92. The molecule has 29 heavy (non-hydrogen) atoms. The zero-order valence-corrected chi connectivity index (χ0v) is 18.5. The fraction of sp³-hybridized carbons (Fsp3) is 0.333. The van der Waals surface area contributed by atoms with E-state index >= 15 is 0 Å². The van der Waals surface area contributed by atoms with E-state index in [1.165, 1.54) is 5.56 Å². The van der Waals surface area contributed by atoms with Gasteiger partial charge in [-0.3, -0.25) is 4.79 Å². The fourth-order valence-electron chi connectivity index (χ4n) is 2.88. The van der Waals surface area contributed by atoms with E-state index < -0.39 is 0 Å². The molecule has 0 aromatic heterocycles. The minimum atomic E-state index is -0.375. The number of allylic oxidation sites excluding steroid dienone is 1. The van der Waals surface area contributed by atoms with Crippen LogP contribution >= 0.6 is 11.6 Å². The lowest BCUT2D eigenvalue weighted by Crippen LogP contribution is -2.37. The van der Waals surface area contributed by atoms with Crippen molar-refractivity contribution in [2.45, 2.75) is 53.0 Å². The van der Waals surface area contributed by atoms with Gasteiger partial charge in [0.2, 0.25) is 0 Å². The average molecular weight is 412 g/mol. The molecular weight excluding hydrogens is 382 g/mol. The summed E-state index contributed by atoms with van der Waals surface area (Å²) in [6, 6.07) is 13.6. The molecule has 0 spiro atoms. The van der Waals surface area contributed by atoms with Crippen LogP contribution in [0.15, 0.2) is 53.1 Å². The van der Waals surface area contributed by atoms with E-state index in [0.717, 1.165) is 22.4 Å². The van der Waals surface area contributed by atoms with Crippen molar-refractivity contribution in [1.82, 2.24) is 5.43 Å². The van der Waals surface area contributed by atoms with Gasteiger partial charge in [0.15, 0.2) is 0 Å². The first-order valence-electron chi connectivity index (χ1n) is 9.94. The van der Waals surface area contributed by atoms with Crippen molar-refractivity contribution in [3.63, 3.8) is 0 Å². The van der Waals surface area contributed by atoms with Crippen molar-refractivity contribution in [2.24, 2.45) is 5.10 Å². The summed E-state index contributed by atoms with van der Waals surface area (Å²) in [7, 11) is 0. The lowest BCUT2D eigenvalue weighted by molar-refractivity contribution is -0.121. The second kappa shape index (κ2) is 10.8. The summed E-state index contributed by atoms with van der Waals surface area (Å²) in [6.45, 7) is 10.2. The Labute approximate surface area is 179 Å². The highest BCUT2D eigenvalue weighted by Crippen LogP contribution is 2.21. The van der Waals surface area contributed by atoms with Gasteiger partial charge < -0.3 is 5.32 Å². The number of hydrogen-bond donors (Lipinski definition) is 2. The van der Waals surface area contributed by atoms with Crippen LogP contribution in [0.2, 0.25) is 5.02 Å².